The summed E-state index contributed by atoms with van der Waals surface area (Å²) in [5.74, 6) is 0. The zero-order valence-electron chi connectivity index (χ0n) is 9.42. The van der Waals surface area contributed by atoms with Crippen molar-refractivity contribution in [3.63, 3.8) is 0 Å². The Hall–Kier alpha value is -0.570. The van der Waals surface area contributed by atoms with E-state index in [1.807, 2.05) is 39.1 Å². The molecule has 1 rings (SSSR count). The molecular formula is C12H18ClNO. The molecule has 0 fully saturated rings. The largest absolute Gasteiger partial charge is 0.391 e. The molecule has 0 aliphatic carbocycles. The first kappa shape index (κ1) is 12.5. The molecule has 2 nitrogen and oxygen atoms in total. The molecule has 1 aromatic carbocycles. The molecule has 0 radical (unpaired) electrons. The van der Waals surface area contributed by atoms with Gasteiger partial charge in [-0.15, -0.1) is 0 Å². The predicted molar refractivity (Wildman–Crippen MR) is 64.4 cm³/mol. The van der Waals surface area contributed by atoms with E-state index >= 15 is 0 Å². The Kier molecular flexibility index (Phi) is 4.58. The molecule has 0 aliphatic rings. The van der Waals surface area contributed by atoms with Crippen molar-refractivity contribution >= 4 is 11.6 Å². The Bertz CT molecular complexity index is 327. The van der Waals surface area contributed by atoms with E-state index in [1.54, 1.807) is 0 Å². The van der Waals surface area contributed by atoms with Crippen LogP contribution in [0.3, 0.4) is 0 Å². The van der Waals surface area contributed by atoms with Crippen LogP contribution in [0.15, 0.2) is 18.2 Å². The molecule has 0 saturated heterocycles. The maximum Gasteiger partial charge on any atom is 0.0730 e. The lowest BCUT2D eigenvalue weighted by molar-refractivity contribution is 0.138. The minimum Gasteiger partial charge on any atom is -0.391 e. The van der Waals surface area contributed by atoms with Crippen molar-refractivity contribution in [3.05, 3.63) is 34.3 Å². The fourth-order valence-corrected chi connectivity index (χ4v) is 1.56. The quantitative estimate of drug-likeness (QED) is 0.827. The van der Waals surface area contributed by atoms with Gasteiger partial charge >= 0.3 is 0 Å². The molecule has 2 unspecified atom stereocenters. The molecule has 2 atom stereocenters. The second-order valence-electron chi connectivity index (χ2n) is 3.93. The van der Waals surface area contributed by atoms with E-state index < -0.39 is 0 Å². The van der Waals surface area contributed by atoms with Gasteiger partial charge < -0.3 is 10.4 Å². The summed E-state index contributed by atoms with van der Waals surface area (Å²) >= 11 is 5.93. The van der Waals surface area contributed by atoms with Gasteiger partial charge in [0.15, 0.2) is 0 Å². The van der Waals surface area contributed by atoms with Crippen molar-refractivity contribution in [1.82, 2.24) is 5.32 Å². The minimum absolute atomic E-state index is 0.0981. The lowest BCUT2D eigenvalue weighted by Gasteiger charge is -2.18. The highest BCUT2D eigenvalue weighted by Gasteiger charge is 2.12. The normalized spacial score (nSPS) is 15.0. The van der Waals surface area contributed by atoms with Crippen LogP contribution in [0, 0.1) is 6.92 Å². The zero-order chi connectivity index (χ0) is 11.4. The van der Waals surface area contributed by atoms with Crippen molar-refractivity contribution in [1.29, 1.82) is 0 Å². The number of aliphatic hydroxyl groups excluding tert-OH is 1. The van der Waals surface area contributed by atoms with Gasteiger partial charge in [0.1, 0.15) is 0 Å². The molecule has 3 heteroatoms. The molecule has 0 heterocycles. The maximum atomic E-state index is 9.84. The number of hydrogen-bond acceptors (Lipinski definition) is 2. The van der Waals surface area contributed by atoms with Crippen LogP contribution in [-0.4, -0.2) is 24.3 Å². The van der Waals surface area contributed by atoms with Gasteiger partial charge in [0, 0.05) is 11.1 Å². The Morgan fingerprint density at radius 3 is 2.67 bits per heavy atom. The van der Waals surface area contributed by atoms with E-state index in [0.29, 0.717) is 6.42 Å². The Morgan fingerprint density at radius 1 is 1.47 bits per heavy atom. The highest BCUT2D eigenvalue weighted by molar-refractivity contribution is 6.31. The number of rotatable bonds is 4. The number of benzene rings is 1. The second-order valence-corrected chi connectivity index (χ2v) is 4.34. The first-order valence-corrected chi connectivity index (χ1v) is 5.52. The smallest absolute Gasteiger partial charge is 0.0730 e. The van der Waals surface area contributed by atoms with Gasteiger partial charge in [-0.05, 0) is 44.5 Å². The third kappa shape index (κ3) is 3.49. The summed E-state index contributed by atoms with van der Waals surface area (Å²) in [6, 6.07) is 5.96. The third-order valence-electron chi connectivity index (χ3n) is 2.70. The molecule has 0 amide bonds. The van der Waals surface area contributed by atoms with Crippen LogP contribution in [0.1, 0.15) is 18.1 Å². The highest BCUT2D eigenvalue weighted by atomic mass is 35.5. The van der Waals surface area contributed by atoms with Crippen molar-refractivity contribution in [2.75, 3.05) is 7.05 Å². The summed E-state index contributed by atoms with van der Waals surface area (Å²) < 4.78 is 0. The van der Waals surface area contributed by atoms with Gasteiger partial charge in [-0.2, -0.15) is 0 Å². The van der Waals surface area contributed by atoms with Gasteiger partial charge in [-0.25, -0.2) is 0 Å². The molecule has 0 aromatic heterocycles. The van der Waals surface area contributed by atoms with Gasteiger partial charge in [-0.1, -0.05) is 23.7 Å². The molecule has 15 heavy (non-hydrogen) atoms. The van der Waals surface area contributed by atoms with Crippen LogP contribution in [0.2, 0.25) is 5.02 Å². The highest BCUT2D eigenvalue weighted by Crippen LogP contribution is 2.17. The summed E-state index contributed by atoms with van der Waals surface area (Å²) in [6.45, 7) is 3.94. The van der Waals surface area contributed by atoms with Gasteiger partial charge in [0.2, 0.25) is 0 Å². The molecule has 0 saturated carbocycles. The predicted octanol–water partition coefficient (Wildman–Crippen LogP) is 2.16. The molecular weight excluding hydrogens is 210 g/mol. The number of aliphatic hydroxyl groups is 1. The molecule has 0 aliphatic heterocycles. The van der Waals surface area contributed by atoms with Gasteiger partial charge in [-0.3, -0.25) is 0 Å². The summed E-state index contributed by atoms with van der Waals surface area (Å²) in [4.78, 5) is 0. The number of halogens is 1. The Labute approximate surface area is 96.3 Å². The fraction of sp³-hybridized carbons (Fsp3) is 0.500. The minimum atomic E-state index is -0.365. The standard InChI is InChI=1S/C12H18ClNO/c1-8-6-10(4-5-11(8)13)7-12(15)9(2)14-3/h4-6,9,12,14-15H,7H2,1-3H3. The third-order valence-corrected chi connectivity index (χ3v) is 3.12. The van der Waals surface area contributed by atoms with Gasteiger partial charge in [0.25, 0.3) is 0 Å². The van der Waals surface area contributed by atoms with Crippen LogP contribution < -0.4 is 5.32 Å². The van der Waals surface area contributed by atoms with Gasteiger partial charge in [0.05, 0.1) is 6.10 Å². The van der Waals surface area contributed by atoms with Crippen molar-refractivity contribution in [2.24, 2.45) is 0 Å². The molecule has 2 N–H and O–H groups in total. The maximum absolute atomic E-state index is 9.84. The first-order valence-electron chi connectivity index (χ1n) is 5.15. The molecule has 0 bridgehead atoms. The monoisotopic (exact) mass is 227 g/mol. The van der Waals surface area contributed by atoms with E-state index in [9.17, 15) is 5.11 Å². The van der Waals surface area contributed by atoms with Crippen LogP contribution in [0.5, 0.6) is 0 Å². The van der Waals surface area contributed by atoms with Crippen molar-refractivity contribution in [2.45, 2.75) is 32.4 Å². The van der Waals surface area contributed by atoms with Crippen LogP contribution in [0.4, 0.5) is 0 Å². The Balaban J connectivity index is 2.68. The number of nitrogens with one attached hydrogen (secondary N) is 1. The summed E-state index contributed by atoms with van der Waals surface area (Å²) in [7, 11) is 1.85. The molecule has 84 valence electrons. The summed E-state index contributed by atoms with van der Waals surface area (Å²) in [5, 5.41) is 13.6. The SMILES string of the molecule is CNC(C)C(O)Cc1ccc(Cl)c(C)c1. The van der Waals surface area contributed by atoms with Crippen molar-refractivity contribution in [3.8, 4) is 0 Å². The van der Waals surface area contributed by atoms with E-state index in [0.717, 1.165) is 16.1 Å². The average molecular weight is 228 g/mol. The van der Waals surface area contributed by atoms with E-state index in [2.05, 4.69) is 5.32 Å². The average Bonchev–Trinajstić information content (AvgIpc) is 2.22. The summed E-state index contributed by atoms with van der Waals surface area (Å²) in [5.41, 5.74) is 2.17. The molecule has 1 aromatic rings. The van der Waals surface area contributed by atoms with Crippen LogP contribution in [-0.2, 0) is 6.42 Å². The van der Waals surface area contributed by atoms with Crippen LogP contribution >= 0.6 is 11.6 Å². The first-order chi connectivity index (χ1) is 7.04. The number of hydrogen-bond donors (Lipinski definition) is 2. The second kappa shape index (κ2) is 5.50. The van der Waals surface area contributed by atoms with E-state index in [1.165, 1.54) is 0 Å². The van der Waals surface area contributed by atoms with E-state index in [4.69, 9.17) is 11.6 Å². The summed E-state index contributed by atoms with van der Waals surface area (Å²) in [6.07, 6.45) is 0.288. The fourth-order valence-electron chi connectivity index (χ4n) is 1.44. The Morgan fingerprint density at radius 2 is 2.13 bits per heavy atom. The lowest BCUT2D eigenvalue weighted by Crippen LogP contribution is -2.36. The topological polar surface area (TPSA) is 32.3 Å². The van der Waals surface area contributed by atoms with E-state index in [-0.39, 0.29) is 12.1 Å². The number of aryl methyl sites for hydroxylation is 1. The number of likely N-dealkylation sites (N-methyl/N-ethyl adjacent to an activating group) is 1. The van der Waals surface area contributed by atoms with Crippen LogP contribution in [0.25, 0.3) is 0 Å². The lowest BCUT2D eigenvalue weighted by atomic mass is 10.0. The van der Waals surface area contributed by atoms with Crippen molar-refractivity contribution < 1.29 is 5.11 Å². The zero-order valence-corrected chi connectivity index (χ0v) is 10.2. The molecule has 0 spiro atoms.